The summed E-state index contributed by atoms with van der Waals surface area (Å²) >= 11 is 0. The van der Waals surface area contributed by atoms with E-state index in [0.29, 0.717) is 17.7 Å². The zero-order valence-corrected chi connectivity index (χ0v) is 14.4. The Morgan fingerprint density at radius 2 is 2.00 bits per heavy atom. The summed E-state index contributed by atoms with van der Waals surface area (Å²) in [5.74, 6) is 1.77. The van der Waals surface area contributed by atoms with E-state index in [1.807, 2.05) is 31.2 Å². The van der Waals surface area contributed by atoms with E-state index in [-0.39, 0.29) is 12.2 Å². The standard InChI is InChI=1S/C20H19NO5/c1-12-2-6-19(25-12)16-5-4-15(21-16)13-3-7-18-14(8-13)17(24)9-20(10-22,11-23)26-18/h2-3,5-8,22-23H,4,9-11H2,1H3. The number of hydrogen-bond acceptors (Lipinski definition) is 6. The molecule has 26 heavy (non-hydrogen) atoms. The maximum Gasteiger partial charge on any atom is 0.170 e. The van der Waals surface area contributed by atoms with E-state index in [1.54, 1.807) is 12.1 Å². The van der Waals surface area contributed by atoms with Crippen LogP contribution in [-0.4, -0.2) is 40.5 Å². The summed E-state index contributed by atoms with van der Waals surface area (Å²) in [6.45, 7) is 1.05. The number of carbonyl (C=O) groups excluding carboxylic acids is 1. The molecule has 0 spiro atoms. The molecule has 0 saturated heterocycles. The van der Waals surface area contributed by atoms with Gasteiger partial charge in [0.2, 0.25) is 0 Å². The smallest absolute Gasteiger partial charge is 0.170 e. The highest BCUT2D eigenvalue weighted by atomic mass is 16.5. The first-order chi connectivity index (χ1) is 12.5. The third-order valence-corrected chi connectivity index (χ3v) is 4.74. The molecule has 2 aliphatic heterocycles. The van der Waals surface area contributed by atoms with Crippen LogP contribution in [0.4, 0.5) is 0 Å². The number of benzene rings is 1. The van der Waals surface area contributed by atoms with E-state index in [4.69, 9.17) is 9.15 Å². The van der Waals surface area contributed by atoms with Gasteiger partial charge in [-0.05, 0) is 48.9 Å². The van der Waals surface area contributed by atoms with Crippen LogP contribution in [0.5, 0.6) is 5.75 Å². The van der Waals surface area contributed by atoms with Crippen LogP contribution in [0.3, 0.4) is 0 Å². The fraction of sp³-hybridized carbons (Fsp3) is 0.300. The van der Waals surface area contributed by atoms with Crippen molar-refractivity contribution >= 4 is 17.2 Å². The summed E-state index contributed by atoms with van der Waals surface area (Å²) in [5, 5.41) is 19.0. The lowest BCUT2D eigenvalue weighted by molar-refractivity contribution is -0.0403. The third-order valence-electron chi connectivity index (χ3n) is 4.74. The Balaban J connectivity index is 1.63. The summed E-state index contributed by atoms with van der Waals surface area (Å²) in [6, 6.07) is 9.08. The second-order valence-corrected chi connectivity index (χ2v) is 6.67. The van der Waals surface area contributed by atoms with Crippen molar-refractivity contribution in [2.75, 3.05) is 13.2 Å². The highest BCUT2D eigenvalue weighted by Crippen LogP contribution is 2.35. The van der Waals surface area contributed by atoms with Gasteiger partial charge in [-0.25, -0.2) is 4.99 Å². The van der Waals surface area contributed by atoms with Crippen molar-refractivity contribution in [2.45, 2.75) is 25.4 Å². The number of nitrogens with zero attached hydrogens (tertiary/aromatic N) is 1. The fourth-order valence-corrected chi connectivity index (χ4v) is 3.24. The molecular weight excluding hydrogens is 334 g/mol. The lowest BCUT2D eigenvalue weighted by Crippen LogP contribution is -2.48. The molecule has 1 aromatic heterocycles. The zero-order chi connectivity index (χ0) is 18.3. The number of ether oxygens (including phenoxy) is 1. The number of aliphatic hydroxyl groups is 2. The minimum absolute atomic E-state index is 0.0574. The van der Waals surface area contributed by atoms with E-state index in [2.05, 4.69) is 4.99 Å². The Labute approximate surface area is 150 Å². The summed E-state index contributed by atoms with van der Waals surface area (Å²) in [4.78, 5) is 17.1. The molecule has 2 aromatic rings. The first-order valence-electron chi connectivity index (χ1n) is 8.46. The van der Waals surface area contributed by atoms with Gasteiger partial charge in [-0.15, -0.1) is 0 Å². The van der Waals surface area contributed by atoms with Gasteiger partial charge in [-0.1, -0.05) is 0 Å². The largest absolute Gasteiger partial charge is 0.481 e. The molecule has 0 unspecified atom stereocenters. The molecule has 4 rings (SSSR count). The minimum atomic E-state index is -1.25. The molecule has 0 bridgehead atoms. The maximum atomic E-state index is 12.5. The van der Waals surface area contributed by atoms with Crippen molar-refractivity contribution in [1.82, 2.24) is 0 Å². The van der Waals surface area contributed by atoms with Crippen molar-refractivity contribution in [3.05, 3.63) is 59.1 Å². The van der Waals surface area contributed by atoms with Crippen LogP contribution >= 0.6 is 0 Å². The van der Waals surface area contributed by atoms with Gasteiger partial charge in [0.1, 0.15) is 17.2 Å². The van der Waals surface area contributed by atoms with Crippen molar-refractivity contribution in [3.8, 4) is 5.75 Å². The number of aryl methyl sites for hydroxylation is 1. The van der Waals surface area contributed by atoms with Crippen LogP contribution in [-0.2, 0) is 0 Å². The molecule has 0 amide bonds. The van der Waals surface area contributed by atoms with Crippen molar-refractivity contribution < 1.29 is 24.2 Å². The molecule has 0 atom stereocenters. The number of furan rings is 1. The summed E-state index contributed by atoms with van der Waals surface area (Å²) in [7, 11) is 0. The number of hydrogen-bond donors (Lipinski definition) is 2. The Morgan fingerprint density at radius 1 is 1.19 bits per heavy atom. The van der Waals surface area contributed by atoms with Crippen LogP contribution in [0, 0.1) is 6.92 Å². The molecule has 0 fully saturated rings. The molecule has 2 N–H and O–H groups in total. The van der Waals surface area contributed by atoms with Crippen LogP contribution < -0.4 is 4.74 Å². The number of aliphatic imine (C=N–C) groups is 1. The molecule has 2 aliphatic rings. The van der Waals surface area contributed by atoms with Gasteiger partial charge in [-0.3, -0.25) is 4.79 Å². The second-order valence-electron chi connectivity index (χ2n) is 6.67. The first kappa shape index (κ1) is 16.8. The van der Waals surface area contributed by atoms with Crippen LogP contribution in [0.1, 0.15) is 40.3 Å². The summed E-state index contributed by atoms with van der Waals surface area (Å²) < 4.78 is 11.3. The van der Waals surface area contributed by atoms with Gasteiger partial charge in [0.25, 0.3) is 0 Å². The number of carbonyl (C=O) groups is 1. The molecule has 134 valence electrons. The van der Waals surface area contributed by atoms with E-state index in [1.165, 1.54) is 0 Å². The Bertz CT molecular complexity index is 933. The van der Waals surface area contributed by atoms with Gasteiger partial charge in [0.05, 0.1) is 30.9 Å². The molecule has 6 nitrogen and oxygen atoms in total. The van der Waals surface area contributed by atoms with E-state index >= 15 is 0 Å². The van der Waals surface area contributed by atoms with Crippen molar-refractivity contribution in [1.29, 1.82) is 0 Å². The second kappa shape index (κ2) is 6.23. The number of allylic oxidation sites excluding steroid dienone is 1. The minimum Gasteiger partial charge on any atom is -0.481 e. The molecule has 0 aliphatic carbocycles. The highest BCUT2D eigenvalue weighted by molar-refractivity contribution is 6.09. The van der Waals surface area contributed by atoms with Gasteiger partial charge in [-0.2, -0.15) is 0 Å². The van der Waals surface area contributed by atoms with E-state index in [0.717, 1.165) is 28.5 Å². The average molecular weight is 353 g/mol. The monoisotopic (exact) mass is 353 g/mol. The lowest BCUT2D eigenvalue weighted by Gasteiger charge is -2.35. The van der Waals surface area contributed by atoms with Gasteiger partial charge in [0.15, 0.2) is 17.1 Å². The Hall–Kier alpha value is -2.70. The van der Waals surface area contributed by atoms with Crippen molar-refractivity contribution in [2.24, 2.45) is 4.99 Å². The quantitative estimate of drug-likeness (QED) is 0.881. The van der Waals surface area contributed by atoms with Crippen LogP contribution in [0.25, 0.3) is 5.70 Å². The highest BCUT2D eigenvalue weighted by Gasteiger charge is 2.40. The fourth-order valence-electron chi connectivity index (χ4n) is 3.24. The molecule has 6 heteroatoms. The molecule has 1 aromatic carbocycles. The van der Waals surface area contributed by atoms with Gasteiger partial charge >= 0.3 is 0 Å². The number of ketones is 1. The van der Waals surface area contributed by atoms with Crippen LogP contribution in [0.2, 0.25) is 0 Å². The average Bonchev–Trinajstić information content (AvgIpc) is 3.30. The summed E-state index contributed by atoms with van der Waals surface area (Å²) in [5.41, 5.74) is 1.68. The normalized spacial score (nSPS) is 18.2. The van der Waals surface area contributed by atoms with Crippen LogP contribution in [0.15, 0.2) is 45.8 Å². The van der Waals surface area contributed by atoms with Gasteiger partial charge < -0.3 is 19.4 Å². The maximum absolute atomic E-state index is 12.5. The topological polar surface area (TPSA) is 92.3 Å². The third kappa shape index (κ3) is 2.77. The van der Waals surface area contributed by atoms with Gasteiger partial charge in [0, 0.05) is 6.42 Å². The Morgan fingerprint density at radius 3 is 2.69 bits per heavy atom. The Kier molecular flexibility index (Phi) is 4.01. The molecule has 0 saturated carbocycles. The lowest BCUT2D eigenvalue weighted by atomic mass is 9.90. The molecule has 3 heterocycles. The summed E-state index contributed by atoms with van der Waals surface area (Å²) in [6.07, 6.45) is 2.59. The molecule has 0 radical (unpaired) electrons. The molecular formula is C20H19NO5. The van der Waals surface area contributed by atoms with E-state index < -0.39 is 18.8 Å². The predicted molar refractivity (Wildman–Crippen MR) is 95.5 cm³/mol. The number of aliphatic hydroxyl groups excluding tert-OH is 2. The zero-order valence-electron chi connectivity index (χ0n) is 14.4. The number of fused-ring (bicyclic) bond motifs is 1. The number of rotatable bonds is 4. The predicted octanol–water partition coefficient (Wildman–Crippen LogP) is 2.51. The van der Waals surface area contributed by atoms with Crippen molar-refractivity contribution in [3.63, 3.8) is 0 Å². The number of Topliss-reactive ketones (excluding diaryl/α,β-unsaturated/α-hetero) is 1. The SMILES string of the molecule is Cc1ccc(C2=CCC(c3ccc4c(c3)C(=O)CC(CO)(CO)O4)=N2)o1. The van der Waals surface area contributed by atoms with E-state index in [9.17, 15) is 15.0 Å². The first-order valence-corrected chi connectivity index (χ1v) is 8.46.